The maximum atomic E-state index is 10.8. The summed E-state index contributed by atoms with van der Waals surface area (Å²) in [4.78, 5) is 10.8. The summed E-state index contributed by atoms with van der Waals surface area (Å²) in [5, 5.41) is 0. The Morgan fingerprint density at radius 3 is 2.54 bits per heavy atom. The fraction of sp³-hybridized carbons (Fsp3) is 0.909. The van der Waals surface area contributed by atoms with Gasteiger partial charge in [-0.3, -0.25) is 4.79 Å². The van der Waals surface area contributed by atoms with Crippen molar-refractivity contribution in [1.82, 2.24) is 0 Å². The van der Waals surface area contributed by atoms with Gasteiger partial charge in [0.2, 0.25) is 0 Å². The van der Waals surface area contributed by atoms with Gasteiger partial charge in [-0.2, -0.15) is 0 Å². The lowest BCUT2D eigenvalue weighted by Gasteiger charge is -2.18. The van der Waals surface area contributed by atoms with Gasteiger partial charge in [-0.05, 0) is 37.0 Å². The van der Waals surface area contributed by atoms with Crippen molar-refractivity contribution >= 4 is 5.97 Å². The molecule has 0 aromatic rings. The van der Waals surface area contributed by atoms with Crippen molar-refractivity contribution in [2.75, 3.05) is 0 Å². The number of rotatable bonds is 1. The van der Waals surface area contributed by atoms with Gasteiger partial charge in [-0.25, -0.2) is 0 Å². The summed E-state index contributed by atoms with van der Waals surface area (Å²) in [5.41, 5.74) is 0. The van der Waals surface area contributed by atoms with Crippen molar-refractivity contribution in [3.63, 3.8) is 0 Å². The van der Waals surface area contributed by atoms with E-state index in [1.54, 1.807) is 0 Å². The minimum atomic E-state index is -0.106. The van der Waals surface area contributed by atoms with E-state index in [-0.39, 0.29) is 12.1 Å². The standard InChI is InChI=1S/C11H18O2/c1-7-3-4-10-9(7)5-6-11(10)13-8(2)12/h7,9-11H,3-6H2,1-2H3/t7-,9-,10+,11-/m0/s1. The van der Waals surface area contributed by atoms with Crippen molar-refractivity contribution in [3.8, 4) is 0 Å². The minimum Gasteiger partial charge on any atom is -0.462 e. The molecule has 0 radical (unpaired) electrons. The zero-order valence-corrected chi connectivity index (χ0v) is 8.45. The van der Waals surface area contributed by atoms with Gasteiger partial charge in [0.05, 0.1) is 0 Å². The summed E-state index contributed by atoms with van der Waals surface area (Å²) in [6.07, 6.45) is 5.20. The molecule has 2 aliphatic rings. The lowest BCUT2D eigenvalue weighted by atomic mass is 9.93. The molecule has 0 spiro atoms. The number of ether oxygens (including phenoxy) is 1. The van der Waals surface area contributed by atoms with E-state index in [9.17, 15) is 4.79 Å². The molecule has 0 saturated heterocycles. The lowest BCUT2D eigenvalue weighted by molar-refractivity contribution is -0.148. The van der Waals surface area contributed by atoms with Crippen LogP contribution < -0.4 is 0 Å². The van der Waals surface area contributed by atoms with E-state index in [2.05, 4.69) is 6.92 Å². The maximum absolute atomic E-state index is 10.8. The molecule has 0 aromatic carbocycles. The molecule has 0 unspecified atom stereocenters. The number of hydrogen-bond acceptors (Lipinski definition) is 2. The van der Waals surface area contributed by atoms with E-state index < -0.39 is 0 Å². The topological polar surface area (TPSA) is 26.3 Å². The van der Waals surface area contributed by atoms with Crippen LogP contribution in [0.25, 0.3) is 0 Å². The highest BCUT2D eigenvalue weighted by atomic mass is 16.5. The summed E-state index contributed by atoms with van der Waals surface area (Å²) in [5.74, 6) is 2.26. The highest BCUT2D eigenvalue weighted by Gasteiger charge is 2.44. The van der Waals surface area contributed by atoms with Crippen LogP contribution in [0.5, 0.6) is 0 Å². The Morgan fingerprint density at radius 1 is 1.15 bits per heavy atom. The quantitative estimate of drug-likeness (QED) is 0.582. The zero-order valence-electron chi connectivity index (χ0n) is 8.45. The molecule has 2 rings (SSSR count). The third-order valence-electron chi connectivity index (χ3n) is 3.82. The van der Waals surface area contributed by atoms with Crippen LogP contribution >= 0.6 is 0 Å². The average molecular weight is 182 g/mol. The van der Waals surface area contributed by atoms with Crippen LogP contribution in [-0.4, -0.2) is 12.1 Å². The Kier molecular flexibility index (Phi) is 2.31. The minimum absolute atomic E-state index is 0.106. The van der Waals surface area contributed by atoms with E-state index in [4.69, 9.17) is 4.74 Å². The number of fused-ring (bicyclic) bond motifs is 1. The Balaban J connectivity index is 1.98. The van der Waals surface area contributed by atoms with Gasteiger partial charge in [0, 0.05) is 6.92 Å². The number of esters is 1. The van der Waals surface area contributed by atoms with Gasteiger partial charge in [-0.1, -0.05) is 13.3 Å². The van der Waals surface area contributed by atoms with Crippen LogP contribution in [0, 0.1) is 17.8 Å². The molecule has 2 aliphatic carbocycles. The molecule has 2 fully saturated rings. The fourth-order valence-corrected chi connectivity index (χ4v) is 3.20. The molecule has 13 heavy (non-hydrogen) atoms. The first-order chi connectivity index (χ1) is 6.18. The van der Waals surface area contributed by atoms with E-state index in [1.807, 2.05) is 0 Å². The summed E-state index contributed by atoms with van der Waals surface area (Å²) < 4.78 is 5.33. The van der Waals surface area contributed by atoms with Crippen LogP contribution in [0.3, 0.4) is 0 Å². The molecular weight excluding hydrogens is 164 g/mol. The Labute approximate surface area is 79.7 Å². The normalized spacial score (nSPS) is 43.2. The molecule has 2 saturated carbocycles. The molecule has 4 atom stereocenters. The first-order valence-corrected chi connectivity index (χ1v) is 5.35. The molecular formula is C11H18O2. The smallest absolute Gasteiger partial charge is 0.302 e. The Morgan fingerprint density at radius 2 is 1.85 bits per heavy atom. The van der Waals surface area contributed by atoms with E-state index in [0.717, 1.165) is 18.3 Å². The number of hydrogen-bond donors (Lipinski definition) is 0. The third-order valence-corrected chi connectivity index (χ3v) is 3.82. The van der Waals surface area contributed by atoms with Gasteiger partial charge in [0.25, 0.3) is 0 Å². The van der Waals surface area contributed by atoms with Crippen molar-refractivity contribution in [2.45, 2.75) is 45.6 Å². The highest BCUT2D eigenvalue weighted by Crippen LogP contribution is 2.48. The van der Waals surface area contributed by atoms with Crippen LogP contribution in [0.4, 0.5) is 0 Å². The fourth-order valence-electron chi connectivity index (χ4n) is 3.20. The monoisotopic (exact) mass is 182 g/mol. The largest absolute Gasteiger partial charge is 0.462 e. The van der Waals surface area contributed by atoms with E-state index in [1.165, 1.54) is 26.2 Å². The summed E-state index contributed by atoms with van der Waals surface area (Å²) >= 11 is 0. The molecule has 2 heteroatoms. The van der Waals surface area contributed by atoms with Crippen molar-refractivity contribution in [2.24, 2.45) is 17.8 Å². The SMILES string of the molecule is CC(=O)O[C@H]1CC[C@@H]2[C@H]1CC[C@@H]2C. The van der Waals surface area contributed by atoms with Gasteiger partial charge in [0.1, 0.15) is 6.10 Å². The Bertz CT molecular complexity index is 212. The second-order valence-electron chi connectivity index (χ2n) is 4.61. The number of carbonyl (C=O) groups is 1. The average Bonchev–Trinajstić information content (AvgIpc) is 2.56. The first-order valence-electron chi connectivity index (χ1n) is 5.35. The molecule has 0 bridgehead atoms. The molecule has 0 aromatic heterocycles. The van der Waals surface area contributed by atoms with Crippen LogP contribution in [0.15, 0.2) is 0 Å². The third kappa shape index (κ3) is 1.59. The molecule has 74 valence electrons. The second-order valence-corrected chi connectivity index (χ2v) is 4.61. The van der Waals surface area contributed by atoms with Gasteiger partial charge in [-0.15, -0.1) is 0 Å². The molecule has 2 nitrogen and oxygen atoms in total. The van der Waals surface area contributed by atoms with E-state index in [0.29, 0.717) is 5.92 Å². The van der Waals surface area contributed by atoms with Gasteiger partial charge in [0.15, 0.2) is 0 Å². The van der Waals surface area contributed by atoms with Gasteiger partial charge >= 0.3 is 5.97 Å². The Hall–Kier alpha value is -0.530. The van der Waals surface area contributed by atoms with Crippen LogP contribution in [-0.2, 0) is 9.53 Å². The first kappa shape index (κ1) is 9.04. The van der Waals surface area contributed by atoms with Crippen molar-refractivity contribution < 1.29 is 9.53 Å². The maximum Gasteiger partial charge on any atom is 0.302 e. The highest BCUT2D eigenvalue weighted by molar-refractivity contribution is 5.66. The second kappa shape index (κ2) is 3.32. The van der Waals surface area contributed by atoms with Crippen molar-refractivity contribution in [1.29, 1.82) is 0 Å². The predicted molar refractivity (Wildman–Crippen MR) is 50.2 cm³/mol. The van der Waals surface area contributed by atoms with Crippen LogP contribution in [0.1, 0.15) is 39.5 Å². The molecule has 0 aliphatic heterocycles. The van der Waals surface area contributed by atoms with Crippen LogP contribution in [0.2, 0.25) is 0 Å². The number of carbonyl (C=O) groups excluding carboxylic acids is 1. The predicted octanol–water partition coefficient (Wildman–Crippen LogP) is 2.37. The summed E-state index contributed by atoms with van der Waals surface area (Å²) in [6.45, 7) is 3.85. The lowest BCUT2D eigenvalue weighted by Crippen LogP contribution is -2.21. The van der Waals surface area contributed by atoms with Crippen molar-refractivity contribution in [3.05, 3.63) is 0 Å². The summed E-state index contributed by atoms with van der Waals surface area (Å²) in [7, 11) is 0. The molecule has 0 amide bonds. The zero-order chi connectivity index (χ0) is 9.42. The summed E-state index contributed by atoms with van der Waals surface area (Å²) in [6, 6.07) is 0. The van der Waals surface area contributed by atoms with E-state index >= 15 is 0 Å². The van der Waals surface area contributed by atoms with Gasteiger partial charge < -0.3 is 4.74 Å². The molecule has 0 N–H and O–H groups in total. The molecule has 0 heterocycles.